The van der Waals surface area contributed by atoms with Crippen LogP contribution in [0.25, 0.3) is 22.0 Å². The average molecular weight is 393 g/mol. The van der Waals surface area contributed by atoms with Crippen molar-refractivity contribution >= 4 is 32.6 Å². The smallest absolute Gasteiger partial charge is 0.248 e. The Morgan fingerprint density at radius 1 is 1.04 bits per heavy atom. The zero-order valence-corrected chi connectivity index (χ0v) is 15.3. The predicted molar refractivity (Wildman–Crippen MR) is 107 cm³/mol. The molecule has 2 heterocycles. The Morgan fingerprint density at radius 2 is 1.82 bits per heavy atom. The molecule has 0 bridgehead atoms. The topological polar surface area (TPSA) is 131 Å². The number of nitrogens with two attached hydrogens (primary N) is 1. The first kappa shape index (κ1) is 17.8. The fourth-order valence-corrected chi connectivity index (χ4v) is 3.33. The van der Waals surface area contributed by atoms with Crippen LogP contribution < -0.4 is 16.0 Å². The molecule has 0 fully saturated rings. The van der Waals surface area contributed by atoms with E-state index in [9.17, 15) is 13.2 Å². The van der Waals surface area contributed by atoms with Crippen LogP contribution >= 0.6 is 0 Å². The number of rotatable bonds is 4. The molecule has 0 aliphatic heterocycles. The highest BCUT2D eigenvalue weighted by Crippen LogP contribution is 2.27. The number of hydrogen-bond acceptors (Lipinski definition) is 6. The number of benzene rings is 2. The second kappa shape index (κ2) is 6.87. The van der Waals surface area contributed by atoms with Crippen molar-refractivity contribution in [3.8, 4) is 11.1 Å². The highest BCUT2D eigenvalue weighted by Gasteiger charge is 2.10. The number of H-pyrrole nitrogens is 1. The van der Waals surface area contributed by atoms with Gasteiger partial charge in [-0.1, -0.05) is 18.2 Å². The van der Waals surface area contributed by atoms with Crippen molar-refractivity contribution in [1.29, 1.82) is 0 Å². The molecule has 28 heavy (non-hydrogen) atoms. The van der Waals surface area contributed by atoms with E-state index in [0.29, 0.717) is 17.2 Å². The van der Waals surface area contributed by atoms with Gasteiger partial charge >= 0.3 is 0 Å². The van der Waals surface area contributed by atoms with Gasteiger partial charge in [0.05, 0.1) is 10.4 Å². The first-order chi connectivity index (χ1) is 13.4. The number of anilines is 2. The van der Waals surface area contributed by atoms with Crippen LogP contribution in [-0.4, -0.2) is 23.4 Å². The number of aromatic nitrogens is 3. The largest absolute Gasteiger partial charge is 0.329 e. The van der Waals surface area contributed by atoms with Gasteiger partial charge in [-0.05, 0) is 35.9 Å². The third kappa shape index (κ3) is 3.61. The summed E-state index contributed by atoms with van der Waals surface area (Å²) in [6, 6.07) is 14.9. The number of sulfonamides is 1. The van der Waals surface area contributed by atoms with Gasteiger partial charge in [-0.15, -0.1) is 0 Å². The van der Waals surface area contributed by atoms with Crippen LogP contribution in [-0.2, 0) is 10.0 Å². The molecule has 0 unspecified atom stereocenters. The first-order valence-corrected chi connectivity index (χ1v) is 9.79. The molecule has 4 aromatic rings. The van der Waals surface area contributed by atoms with Crippen LogP contribution in [0.3, 0.4) is 0 Å². The fourth-order valence-electron chi connectivity index (χ4n) is 2.82. The number of nitrogens with zero attached hydrogens (tertiary/aromatic N) is 2. The normalized spacial score (nSPS) is 11.5. The number of hydrogen-bond donors (Lipinski definition) is 3. The van der Waals surface area contributed by atoms with Gasteiger partial charge in [0.1, 0.15) is 0 Å². The maximum Gasteiger partial charge on any atom is 0.248 e. The van der Waals surface area contributed by atoms with E-state index in [4.69, 9.17) is 5.14 Å². The van der Waals surface area contributed by atoms with E-state index < -0.39 is 10.0 Å². The molecule has 0 atom stereocenters. The highest BCUT2D eigenvalue weighted by molar-refractivity contribution is 7.89. The van der Waals surface area contributed by atoms with E-state index in [0.717, 1.165) is 16.5 Å². The second-order valence-corrected chi connectivity index (χ2v) is 7.63. The lowest BCUT2D eigenvalue weighted by Gasteiger charge is -2.09. The molecule has 8 nitrogen and oxygen atoms in total. The number of fused-ring (bicyclic) bond motifs is 1. The molecule has 0 aliphatic carbocycles. The maximum atomic E-state index is 11.7. The molecule has 2 aromatic heterocycles. The number of para-hydroxylation sites is 1. The Kier molecular flexibility index (Phi) is 4.38. The summed E-state index contributed by atoms with van der Waals surface area (Å²) in [5, 5.41) is 8.97. The number of primary sulfonamides is 1. The number of nitrogens with one attached hydrogen (secondary N) is 2. The minimum Gasteiger partial charge on any atom is -0.329 e. The Morgan fingerprint density at radius 3 is 2.54 bits per heavy atom. The van der Waals surface area contributed by atoms with E-state index in [1.54, 1.807) is 30.6 Å². The highest BCUT2D eigenvalue weighted by atomic mass is 32.2. The molecular weight excluding hydrogens is 378 g/mol. The van der Waals surface area contributed by atoms with Crippen LogP contribution in [0.15, 0.2) is 76.7 Å². The van der Waals surface area contributed by atoms with E-state index >= 15 is 0 Å². The van der Waals surface area contributed by atoms with Crippen molar-refractivity contribution in [2.75, 3.05) is 5.32 Å². The quantitative estimate of drug-likeness (QED) is 0.488. The summed E-state index contributed by atoms with van der Waals surface area (Å²) in [4.78, 5) is 23.1. The van der Waals surface area contributed by atoms with E-state index in [2.05, 4.69) is 20.3 Å². The van der Waals surface area contributed by atoms with E-state index in [1.807, 2.05) is 18.2 Å². The minimum atomic E-state index is -3.75. The summed E-state index contributed by atoms with van der Waals surface area (Å²) in [6.07, 6.45) is 3.27. The van der Waals surface area contributed by atoms with Crippen LogP contribution in [0.1, 0.15) is 0 Å². The van der Waals surface area contributed by atoms with Gasteiger partial charge in [0.25, 0.3) is 0 Å². The molecule has 140 valence electrons. The lowest BCUT2D eigenvalue weighted by molar-refractivity contribution is 0.598. The molecule has 9 heteroatoms. The van der Waals surface area contributed by atoms with Crippen LogP contribution in [0.5, 0.6) is 0 Å². The number of pyridine rings is 1. The third-order valence-electron chi connectivity index (χ3n) is 4.14. The lowest BCUT2D eigenvalue weighted by atomic mass is 10.0. The average Bonchev–Trinajstić information content (AvgIpc) is 2.67. The van der Waals surface area contributed by atoms with Crippen molar-refractivity contribution < 1.29 is 8.42 Å². The molecule has 0 spiro atoms. The zero-order chi connectivity index (χ0) is 19.7. The van der Waals surface area contributed by atoms with Gasteiger partial charge in [-0.25, -0.2) is 23.5 Å². The summed E-state index contributed by atoms with van der Waals surface area (Å²) in [5.74, 6) is 0.341. The number of aromatic amines is 1. The van der Waals surface area contributed by atoms with E-state index in [-0.39, 0.29) is 10.5 Å². The standard InChI is InChI=1S/C19H15N5O3S/c20-28(26,27)15-6-4-14(5-7-15)23-19-22-11-13-2-1-3-16(18(13)24-19)12-8-9-21-17(25)10-12/h1-11H,(H,21,25)(H2,20,26,27)(H,22,23,24). The van der Waals surface area contributed by atoms with Crippen molar-refractivity contribution in [2.45, 2.75) is 4.90 Å². The Labute approximate surface area is 160 Å². The fraction of sp³-hybridized carbons (Fsp3) is 0. The van der Waals surface area contributed by atoms with Gasteiger partial charge in [-0.3, -0.25) is 4.79 Å². The van der Waals surface area contributed by atoms with Crippen LogP contribution in [0.2, 0.25) is 0 Å². The summed E-state index contributed by atoms with van der Waals surface area (Å²) in [6.45, 7) is 0. The van der Waals surface area contributed by atoms with Gasteiger partial charge < -0.3 is 10.3 Å². The van der Waals surface area contributed by atoms with Crippen molar-refractivity contribution in [3.63, 3.8) is 0 Å². The van der Waals surface area contributed by atoms with E-state index in [1.165, 1.54) is 18.2 Å². The predicted octanol–water partition coefficient (Wildman–Crippen LogP) is 2.38. The Hall–Kier alpha value is -3.56. The molecule has 0 saturated carbocycles. The molecule has 0 amide bonds. The van der Waals surface area contributed by atoms with Crippen LogP contribution in [0.4, 0.5) is 11.6 Å². The molecule has 0 saturated heterocycles. The summed E-state index contributed by atoms with van der Waals surface area (Å²) in [5.41, 5.74) is 2.65. The summed E-state index contributed by atoms with van der Waals surface area (Å²) >= 11 is 0. The SMILES string of the molecule is NS(=O)(=O)c1ccc(Nc2ncc3cccc(-c4cc[nH]c(=O)c4)c3n2)cc1. The molecule has 0 aliphatic rings. The summed E-state index contributed by atoms with van der Waals surface area (Å²) < 4.78 is 22.7. The van der Waals surface area contributed by atoms with Gasteiger partial charge in [-0.2, -0.15) is 0 Å². The molecule has 0 radical (unpaired) electrons. The monoisotopic (exact) mass is 393 g/mol. The first-order valence-electron chi connectivity index (χ1n) is 8.25. The minimum absolute atomic E-state index is 0.0223. The van der Waals surface area contributed by atoms with Crippen LogP contribution in [0, 0.1) is 0 Å². The molecule has 4 N–H and O–H groups in total. The maximum absolute atomic E-state index is 11.7. The third-order valence-corrected chi connectivity index (χ3v) is 5.07. The molecule has 2 aromatic carbocycles. The van der Waals surface area contributed by atoms with Crippen molar-refractivity contribution in [1.82, 2.24) is 15.0 Å². The van der Waals surface area contributed by atoms with Gasteiger partial charge in [0, 0.05) is 35.1 Å². The van der Waals surface area contributed by atoms with Gasteiger partial charge in [0.2, 0.25) is 21.5 Å². The van der Waals surface area contributed by atoms with Crippen molar-refractivity contribution in [3.05, 3.63) is 77.3 Å². The summed E-state index contributed by atoms with van der Waals surface area (Å²) in [7, 11) is -3.75. The zero-order valence-electron chi connectivity index (χ0n) is 14.5. The second-order valence-electron chi connectivity index (χ2n) is 6.07. The Bertz CT molecular complexity index is 1330. The Balaban J connectivity index is 1.73. The van der Waals surface area contributed by atoms with Crippen molar-refractivity contribution in [2.24, 2.45) is 5.14 Å². The molecule has 4 rings (SSSR count). The molecular formula is C19H15N5O3S. The van der Waals surface area contributed by atoms with Gasteiger partial charge in [0.15, 0.2) is 0 Å². The lowest BCUT2D eigenvalue weighted by Crippen LogP contribution is -2.11.